The molecular formula is C17H33IN4O. The van der Waals surface area contributed by atoms with E-state index in [4.69, 9.17) is 4.52 Å². The Kier molecular flexibility index (Phi) is 12.2. The van der Waals surface area contributed by atoms with E-state index in [0.717, 1.165) is 49.1 Å². The summed E-state index contributed by atoms with van der Waals surface area (Å²) in [7, 11) is 1.79. The molecule has 0 saturated carbocycles. The Morgan fingerprint density at radius 1 is 1.26 bits per heavy atom. The number of aromatic nitrogens is 1. The average Bonchev–Trinajstić information content (AvgIpc) is 2.96. The van der Waals surface area contributed by atoms with Crippen molar-refractivity contribution < 1.29 is 4.52 Å². The highest BCUT2D eigenvalue weighted by Gasteiger charge is 2.13. The molecule has 0 radical (unpaired) electrons. The Bertz CT molecular complexity index is 442. The molecule has 0 atom stereocenters. The van der Waals surface area contributed by atoms with Crippen molar-refractivity contribution >= 4 is 29.9 Å². The second-order valence-corrected chi connectivity index (χ2v) is 6.12. The van der Waals surface area contributed by atoms with Crippen molar-refractivity contribution in [3.8, 4) is 0 Å². The van der Waals surface area contributed by atoms with Gasteiger partial charge in [0.05, 0.1) is 12.2 Å². The fraction of sp³-hybridized carbons (Fsp3) is 0.765. The molecule has 0 unspecified atom stereocenters. The number of nitrogens with one attached hydrogen (secondary N) is 2. The topological polar surface area (TPSA) is 62.5 Å². The Balaban J connectivity index is 0.00000484. The van der Waals surface area contributed by atoms with Crippen LogP contribution >= 0.6 is 24.0 Å². The van der Waals surface area contributed by atoms with Gasteiger partial charge in [0.1, 0.15) is 0 Å². The van der Waals surface area contributed by atoms with Crippen LogP contribution in [0.2, 0.25) is 0 Å². The number of hydrogen-bond acceptors (Lipinski definition) is 3. The van der Waals surface area contributed by atoms with Gasteiger partial charge in [-0.15, -0.1) is 24.0 Å². The minimum absolute atomic E-state index is 0. The maximum Gasteiger partial charge on any atom is 0.191 e. The third-order valence-electron chi connectivity index (χ3n) is 3.89. The quantitative estimate of drug-likeness (QED) is 0.262. The molecule has 0 spiro atoms. The van der Waals surface area contributed by atoms with Gasteiger partial charge in [0, 0.05) is 25.6 Å². The standard InChI is InChI=1S/C17H32N4O.HI/c1-6-14(7-2)16-11-15(22-21-16)12-20-17(18-5)19-10-8-9-13(3)4;/h11,13-14H,6-10,12H2,1-5H3,(H2,18,19,20);1H. The first-order valence-electron chi connectivity index (χ1n) is 8.50. The molecule has 0 saturated heterocycles. The van der Waals surface area contributed by atoms with Crippen LogP contribution in [0.5, 0.6) is 0 Å². The third kappa shape index (κ3) is 8.58. The zero-order valence-corrected chi connectivity index (χ0v) is 17.5. The van der Waals surface area contributed by atoms with Gasteiger partial charge in [0.2, 0.25) is 0 Å². The summed E-state index contributed by atoms with van der Waals surface area (Å²) >= 11 is 0. The summed E-state index contributed by atoms with van der Waals surface area (Å²) in [5.41, 5.74) is 1.06. The molecule has 1 rings (SSSR count). The fourth-order valence-electron chi connectivity index (χ4n) is 2.42. The molecule has 0 aliphatic heterocycles. The highest BCUT2D eigenvalue weighted by molar-refractivity contribution is 14.0. The second-order valence-electron chi connectivity index (χ2n) is 6.12. The van der Waals surface area contributed by atoms with Gasteiger partial charge in [-0.1, -0.05) is 32.9 Å². The number of hydrogen-bond donors (Lipinski definition) is 2. The van der Waals surface area contributed by atoms with Gasteiger partial charge in [0.15, 0.2) is 11.7 Å². The summed E-state index contributed by atoms with van der Waals surface area (Å²) in [5, 5.41) is 10.8. The van der Waals surface area contributed by atoms with Gasteiger partial charge in [0.25, 0.3) is 0 Å². The largest absolute Gasteiger partial charge is 0.359 e. The number of rotatable bonds is 9. The van der Waals surface area contributed by atoms with E-state index in [1.54, 1.807) is 7.05 Å². The van der Waals surface area contributed by atoms with Crippen molar-refractivity contribution in [1.29, 1.82) is 0 Å². The zero-order valence-electron chi connectivity index (χ0n) is 15.2. The molecule has 0 aliphatic rings. The number of guanidine groups is 1. The molecule has 0 bridgehead atoms. The molecule has 0 aliphatic carbocycles. The van der Waals surface area contributed by atoms with E-state index in [2.05, 4.69) is 54.5 Å². The average molecular weight is 436 g/mol. The Labute approximate surface area is 158 Å². The summed E-state index contributed by atoms with van der Waals surface area (Å²) in [6, 6.07) is 2.05. The van der Waals surface area contributed by atoms with Gasteiger partial charge in [-0.05, 0) is 31.6 Å². The first kappa shape index (κ1) is 22.2. The maximum atomic E-state index is 5.41. The molecule has 0 amide bonds. The smallest absolute Gasteiger partial charge is 0.191 e. The third-order valence-corrected chi connectivity index (χ3v) is 3.89. The summed E-state index contributed by atoms with van der Waals surface area (Å²) < 4.78 is 5.41. The van der Waals surface area contributed by atoms with Crippen molar-refractivity contribution in [3.63, 3.8) is 0 Å². The minimum atomic E-state index is 0. The number of halogens is 1. The second kappa shape index (κ2) is 12.6. The molecule has 1 heterocycles. The van der Waals surface area contributed by atoms with Crippen LogP contribution in [0, 0.1) is 5.92 Å². The van der Waals surface area contributed by atoms with Gasteiger partial charge in [-0.25, -0.2) is 0 Å². The summed E-state index contributed by atoms with van der Waals surface area (Å²) in [5.74, 6) is 2.90. The lowest BCUT2D eigenvalue weighted by molar-refractivity contribution is 0.368. The Morgan fingerprint density at radius 3 is 2.52 bits per heavy atom. The molecule has 23 heavy (non-hydrogen) atoms. The lowest BCUT2D eigenvalue weighted by Crippen LogP contribution is -2.37. The van der Waals surface area contributed by atoms with E-state index in [-0.39, 0.29) is 24.0 Å². The highest BCUT2D eigenvalue weighted by atomic mass is 127. The van der Waals surface area contributed by atoms with Crippen LogP contribution in [-0.4, -0.2) is 24.7 Å². The van der Waals surface area contributed by atoms with Crippen LogP contribution in [0.3, 0.4) is 0 Å². The van der Waals surface area contributed by atoms with Crippen LogP contribution in [0.25, 0.3) is 0 Å². The molecule has 2 N–H and O–H groups in total. The van der Waals surface area contributed by atoms with Crippen LogP contribution < -0.4 is 10.6 Å². The normalized spacial score (nSPS) is 11.7. The van der Waals surface area contributed by atoms with Crippen molar-refractivity contribution in [3.05, 3.63) is 17.5 Å². The fourth-order valence-corrected chi connectivity index (χ4v) is 2.42. The predicted molar refractivity (Wildman–Crippen MR) is 108 cm³/mol. The molecule has 0 aromatic carbocycles. The van der Waals surface area contributed by atoms with Crippen LogP contribution in [-0.2, 0) is 6.54 Å². The SMILES string of the molecule is CCC(CC)c1cc(CNC(=NC)NCCCC(C)C)on1.I. The van der Waals surface area contributed by atoms with Crippen molar-refractivity contribution in [2.45, 2.75) is 65.8 Å². The van der Waals surface area contributed by atoms with Crippen molar-refractivity contribution in [2.75, 3.05) is 13.6 Å². The molecule has 6 heteroatoms. The lowest BCUT2D eigenvalue weighted by Gasteiger charge is -2.11. The van der Waals surface area contributed by atoms with E-state index in [0.29, 0.717) is 12.5 Å². The maximum absolute atomic E-state index is 5.41. The van der Waals surface area contributed by atoms with Crippen LogP contribution in [0.15, 0.2) is 15.6 Å². The van der Waals surface area contributed by atoms with Gasteiger partial charge < -0.3 is 15.2 Å². The Hall–Kier alpha value is -0.790. The van der Waals surface area contributed by atoms with Gasteiger partial charge >= 0.3 is 0 Å². The minimum Gasteiger partial charge on any atom is -0.359 e. The Morgan fingerprint density at radius 2 is 1.96 bits per heavy atom. The number of nitrogens with zero attached hydrogens (tertiary/aromatic N) is 2. The summed E-state index contributed by atoms with van der Waals surface area (Å²) in [4.78, 5) is 4.23. The van der Waals surface area contributed by atoms with Crippen molar-refractivity contribution in [1.82, 2.24) is 15.8 Å². The molecule has 5 nitrogen and oxygen atoms in total. The molecular weight excluding hydrogens is 403 g/mol. The van der Waals surface area contributed by atoms with E-state index in [1.807, 2.05) is 0 Å². The van der Waals surface area contributed by atoms with Crippen LogP contribution in [0.1, 0.15) is 70.8 Å². The van der Waals surface area contributed by atoms with E-state index < -0.39 is 0 Å². The molecule has 0 fully saturated rings. The van der Waals surface area contributed by atoms with Gasteiger partial charge in [-0.3, -0.25) is 4.99 Å². The lowest BCUT2D eigenvalue weighted by atomic mass is 9.99. The summed E-state index contributed by atoms with van der Waals surface area (Å²) in [6.45, 7) is 10.4. The monoisotopic (exact) mass is 436 g/mol. The van der Waals surface area contributed by atoms with E-state index in [9.17, 15) is 0 Å². The van der Waals surface area contributed by atoms with E-state index in [1.165, 1.54) is 6.42 Å². The summed E-state index contributed by atoms with van der Waals surface area (Å²) in [6.07, 6.45) is 4.56. The molecule has 134 valence electrons. The van der Waals surface area contributed by atoms with Gasteiger partial charge in [-0.2, -0.15) is 0 Å². The zero-order chi connectivity index (χ0) is 16.4. The van der Waals surface area contributed by atoms with E-state index >= 15 is 0 Å². The first-order valence-corrected chi connectivity index (χ1v) is 8.50. The van der Waals surface area contributed by atoms with Crippen molar-refractivity contribution in [2.24, 2.45) is 10.9 Å². The molecule has 1 aromatic heterocycles. The van der Waals surface area contributed by atoms with Crippen LogP contribution in [0.4, 0.5) is 0 Å². The molecule has 1 aromatic rings. The number of aliphatic imine (C=N–C) groups is 1. The highest BCUT2D eigenvalue weighted by Crippen LogP contribution is 2.22. The predicted octanol–water partition coefficient (Wildman–Crippen LogP) is 4.30. The first-order chi connectivity index (χ1) is 10.6.